The highest BCUT2D eigenvalue weighted by molar-refractivity contribution is 7.92. The van der Waals surface area contributed by atoms with Crippen LogP contribution in [0.4, 0.5) is 13.2 Å². The minimum atomic E-state index is -5.56. The van der Waals surface area contributed by atoms with Crippen molar-refractivity contribution in [2.45, 2.75) is 23.4 Å². The standard InChI is InChI=1S/C27H20F3N3O4S/c28-27(29,30)38(36,37)21-12-10-20(11-13-21)33-25(34)24(16-18-6-2-1-3-7-18)32(26(33)35)17-19-14-15-31-23-9-5-4-8-22(19)23/h1-15,34H,16-17H2. The maximum Gasteiger partial charge on any atom is 0.501 e. The molecular weight excluding hydrogens is 519 g/mol. The lowest BCUT2D eigenvalue weighted by Gasteiger charge is -2.10. The van der Waals surface area contributed by atoms with E-state index in [2.05, 4.69) is 4.98 Å². The number of halogens is 3. The summed E-state index contributed by atoms with van der Waals surface area (Å²) in [5, 5.41) is 12.0. The first-order valence-electron chi connectivity index (χ1n) is 11.4. The van der Waals surface area contributed by atoms with Gasteiger partial charge in [-0.3, -0.25) is 9.55 Å². The van der Waals surface area contributed by atoms with E-state index in [1.54, 1.807) is 12.3 Å². The maximum absolute atomic E-state index is 13.6. The molecular formula is C27H20F3N3O4S. The Morgan fingerprint density at radius 1 is 0.868 bits per heavy atom. The largest absolute Gasteiger partial charge is 0.501 e. The molecule has 5 rings (SSSR count). The summed E-state index contributed by atoms with van der Waals surface area (Å²) in [6, 6.07) is 21.9. The number of hydrogen-bond acceptors (Lipinski definition) is 5. The van der Waals surface area contributed by atoms with Crippen LogP contribution < -0.4 is 5.69 Å². The van der Waals surface area contributed by atoms with Crippen LogP contribution in [0.5, 0.6) is 5.88 Å². The van der Waals surface area contributed by atoms with Gasteiger partial charge in [-0.15, -0.1) is 0 Å². The highest BCUT2D eigenvalue weighted by Gasteiger charge is 2.46. The van der Waals surface area contributed by atoms with Crippen LogP contribution >= 0.6 is 0 Å². The Bertz CT molecular complexity index is 1790. The second kappa shape index (κ2) is 9.49. The van der Waals surface area contributed by atoms with Gasteiger partial charge in [0, 0.05) is 18.0 Å². The first-order valence-corrected chi connectivity index (χ1v) is 12.9. The lowest BCUT2D eigenvalue weighted by atomic mass is 10.1. The highest BCUT2D eigenvalue weighted by atomic mass is 32.2. The summed E-state index contributed by atoms with van der Waals surface area (Å²) < 4.78 is 64.7. The molecule has 0 spiro atoms. The fraction of sp³-hybridized carbons (Fsp3) is 0.111. The molecule has 7 nitrogen and oxygen atoms in total. The minimum Gasteiger partial charge on any atom is -0.493 e. The van der Waals surface area contributed by atoms with Gasteiger partial charge in [-0.1, -0.05) is 48.5 Å². The van der Waals surface area contributed by atoms with Gasteiger partial charge in [0.2, 0.25) is 5.88 Å². The third-order valence-electron chi connectivity index (χ3n) is 6.21. The van der Waals surface area contributed by atoms with Crippen molar-refractivity contribution in [2.75, 3.05) is 0 Å². The number of sulfone groups is 1. The van der Waals surface area contributed by atoms with Gasteiger partial charge in [0.1, 0.15) is 0 Å². The van der Waals surface area contributed by atoms with Crippen LogP contribution in [0.15, 0.2) is 101 Å². The van der Waals surface area contributed by atoms with E-state index < -0.39 is 31.8 Å². The molecule has 5 aromatic rings. The van der Waals surface area contributed by atoms with Gasteiger partial charge >= 0.3 is 11.2 Å². The lowest BCUT2D eigenvalue weighted by Crippen LogP contribution is -2.25. The van der Waals surface area contributed by atoms with E-state index >= 15 is 0 Å². The number of para-hydroxylation sites is 1. The van der Waals surface area contributed by atoms with Crippen molar-refractivity contribution >= 4 is 20.7 Å². The molecule has 0 aliphatic carbocycles. The number of alkyl halides is 3. The van der Waals surface area contributed by atoms with Crippen molar-refractivity contribution in [3.63, 3.8) is 0 Å². The number of fused-ring (bicyclic) bond motifs is 1. The van der Waals surface area contributed by atoms with Crippen molar-refractivity contribution in [1.82, 2.24) is 14.1 Å². The second-order valence-corrected chi connectivity index (χ2v) is 10.5. The Kier molecular flexibility index (Phi) is 6.31. The summed E-state index contributed by atoms with van der Waals surface area (Å²) in [6.45, 7) is 0.0884. The number of aromatic nitrogens is 3. The van der Waals surface area contributed by atoms with E-state index in [1.807, 2.05) is 54.6 Å². The van der Waals surface area contributed by atoms with Crippen LogP contribution in [0.1, 0.15) is 16.8 Å². The van der Waals surface area contributed by atoms with Gasteiger partial charge in [0.25, 0.3) is 9.84 Å². The number of imidazole rings is 1. The SMILES string of the molecule is O=c1n(Cc2ccnc3ccccc23)c(Cc2ccccc2)c(O)n1-c1ccc(S(=O)(=O)C(F)(F)F)cc1. The molecule has 3 aromatic carbocycles. The van der Waals surface area contributed by atoms with Gasteiger partial charge < -0.3 is 5.11 Å². The molecule has 2 aromatic heterocycles. The molecule has 0 aliphatic heterocycles. The summed E-state index contributed by atoms with van der Waals surface area (Å²) in [5.74, 6) is -0.399. The zero-order valence-corrected chi connectivity index (χ0v) is 20.4. The smallest absolute Gasteiger partial charge is 0.493 e. The fourth-order valence-electron chi connectivity index (χ4n) is 4.31. The molecule has 0 saturated carbocycles. The lowest BCUT2D eigenvalue weighted by molar-refractivity contribution is -0.0436. The molecule has 2 heterocycles. The number of benzene rings is 3. The Morgan fingerprint density at radius 2 is 1.53 bits per heavy atom. The minimum absolute atomic E-state index is 0.0151. The molecule has 38 heavy (non-hydrogen) atoms. The van der Waals surface area contributed by atoms with Crippen LogP contribution in [0.2, 0.25) is 0 Å². The zero-order valence-electron chi connectivity index (χ0n) is 19.6. The monoisotopic (exact) mass is 539 g/mol. The average molecular weight is 540 g/mol. The zero-order chi connectivity index (χ0) is 27.1. The molecule has 0 amide bonds. The molecule has 11 heteroatoms. The van der Waals surface area contributed by atoms with Crippen LogP contribution in [0, 0.1) is 0 Å². The third-order valence-corrected chi connectivity index (χ3v) is 7.71. The Morgan fingerprint density at radius 3 is 2.21 bits per heavy atom. The van der Waals surface area contributed by atoms with Crippen molar-refractivity contribution in [2.24, 2.45) is 0 Å². The molecule has 0 bridgehead atoms. The predicted molar refractivity (Wildman–Crippen MR) is 135 cm³/mol. The Balaban J connectivity index is 1.64. The number of nitrogens with zero attached hydrogens (tertiary/aromatic N) is 3. The van der Waals surface area contributed by atoms with Crippen molar-refractivity contribution in [3.05, 3.63) is 118 Å². The van der Waals surface area contributed by atoms with E-state index in [0.717, 1.165) is 50.9 Å². The number of hydrogen-bond donors (Lipinski definition) is 1. The van der Waals surface area contributed by atoms with E-state index in [1.165, 1.54) is 4.57 Å². The van der Waals surface area contributed by atoms with Crippen molar-refractivity contribution in [1.29, 1.82) is 0 Å². The Hall–Kier alpha value is -4.38. The van der Waals surface area contributed by atoms with E-state index in [9.17, 15) is 31.5 Å². The van der Waals surface area contributed by atoms with Crippen LogP contribution in [0.25, 0.3) is 16.6 Å². The molecule has 1 N–H and O–H groups in total. The normalized spacial score (nSPS) is 12.2. The highest BCUT2D eigenvalue weighted by Crippen LogP contribution is 2.31. The van der Waals surface area contributed by atoms with Crippen LogP contribution in [-0.2, 0) is 22.8 Å². The summed E-state index contributed by atoms with van der Waals surface area (Å²) in [6.07, 6.45) is 1.81. The number of rotatable bonds is 6. The van der Waals surface area contributed by atoms with Crippen molar-refractivity contribution < 1.29 is 26.7 Å². The van der Waals surface area contributed by atoms with E-state index in [-0.39, 0.29) is 24.3 Å². The van der Waals surface area contributed by atoms with Gasteiger partial charge in [-0.25, -0.2) is 17.8 Å². The summed E-state index contributed by atoms with van der Waals surface area (Å²) in [7, 11) is -5.56. The number of aromatic hydroxyl groups is 1. The van der Waals surface area contributed by atoms with Crippen LogP contribution in [-0.4, -0.2) is 33.2 Å². The first kappa shape index (κ1) is 25.3. The number of pyridine rings is 1. The first-order chi connectivity index (χ1) is 18.1. The maximum atomic E-state index is 13.6. The fourth-order valence-corrected chi connectivity index (χ4v) is 5.07. The molecule has 0 atom stereocenters. The molecule has 0 saturated heterocycles. The summed E-state index contributed by atoms with van der Waals surface area (Å²) >= 11 is 0. The summed E-state index contributed by atoms with van der Waals surface area (Å²) in [5.41, 5.74) is -3.48. The quantitative estimate of drug-likeness (QED) is 0.334. The average Bonchev–Trinajstić information content (AvgIpc) is 3.13. The van der Waals surface area contributed by atoms with Crippen LogP contribution in [0.3, 0.4) is 0 Å². The van der Waals surface area contributed by atoms with Gasteiger partial charge in [-0.05, 0) is 47.5 Å². The molecule has 0 unspecified atom stereocenters. The van der Waals surface area contributed by atoms with Gasteiger partial charge in [0.05, 0.1) is 28.3 Å². The molecule has 0 fully saturated rings. The third kappa shape index (κ3) is 4.45. The second-order valence-electron chi connectivity index (χ2n) is 8.57. The molecule has 194 valence electrons. The van der Waals surface area contributed by atoms with Gasteiger partial charge in [0.15, 0.2) is 0 Å². The predicted octanol–water partition coefficient (Wildman–Crippen LogP) is 4.83. The molecule has 0 aliphatic rings. The topological polar surface area (TPSA) is 94.2 Å². The van der Waals surface area contributed by atoms with E-state index in [0.29, 0.717) is 0 Å². The van der Waals surface area contributed by atoms with E-state index in [4.69, 9.17) is 0 Å². The van der Waals surface area contributed by atoms with Crippen molar-refractivity contribution in [3.8, 4) is 11.6 Å². The summed E-state index contributed by atoms with van der Waals surface area (Å²) in [4.78, 5) is 17.0. The Labute approximate surface area is 215 Å². The van der Waals surface area contributed by atoms with Gasteiger partial charge in [-0.2, -0.15) is 13.2 Å². The molecule has 0 radical (unpaired) electrons.